The Bertz CT molecular complexity index is 759. The Hall–Kier alpha value is -2.81. The van der Waals surface area contributed by atoms with Crippen LogP contribution in [0.1, 0.15) is 23.2 Å². The summed E-state index contributed by atoms with van der Waals surface area (Å²) in [5.74, 6) is -0.363. The average Bonchev–Trinajstić information content (AvgIpc) is 3.23. The SMILES string of the molecule is COc1ccc(C(=O)N2CCN(C(=O)[C@@H]3CC[C@H](C(=O)O)O3)CC2)cc1OC. The fourth-order valence-corrected chi connectivity index (χ4v) is 3.49. The number of hydrogen-bond donors (Lipinski definition) is 1. The predicted octanol–water partition coefficient (Wildman–Crippen LogP) is 0.620. The second-order valence-corrected chi connectivity index (χ2v) is 6.72. The summed E-state index contributed by atoms with van der Waals surface area (Å²) in [7, 11) is 3.04. The molecule has 1 aromatic carbocycles. The second kappa shape index (κ2) is 8.47. The maximum absolute atomic E-state index is 12.8. The molecule has 0 spiro atoms. The molecule has 0 saturated carbocycles. The first-order chi connectivity index (χ1) is 13.4. The highest BCUT2D eigenvalue weighted by Crippen LogP contribution is 2.28. The Balaban J connectivity index is 1.57. The topological polar surface area (TPSA) is 106 Å². The molecular weight excluding hydrogens is 368 g/mol. The van der Waals surface area contributed by atoms with Crippen molar-refractivity contribution in [2.45, 2.75) is 25.0 Å². The van der Waals surface area contributed by atoms with Crippen molar-refractivity contribution in [1.29, 1.82) is 0 Å². The number of amides is 2. The van der Waals surface area contributed by atoms with Crippen molar-refractivity contribution in [1.82, 2.24) is 9.80 Å². The number of carbonyl (C=O) groups is 3. The number of nitrogens with zero attached hydrogens (tertiary/aromatic N) is 2. The Morgan fingerprint density at radius 3 is 2.14 bits per heavy atom. The van der Waals surface area contributed by atoms with Gasteiger partial charge in [-0.05, 0) is 31.0 Å². The minimum absolute atomic E-state index is 0.142. The molecule has 1 aromatic rings. The van der Waals surface area contributed by atoms with Gasteiger partial charge in [-0.3, -0.25) is 9.59 Å². The van der Waals surface area contributed by atoms with Gasteiger partial charge in [0.15, 0.2) is 17.6 Å². The molecule has 2 atom stereocenters. The summed E-state index contributed by atoms with van der Waals surface area (Å²) >= 11 is 0. The van der Waals surface area contributed by atoms with E-state index in [2.05, 4.69) is 0 Å². The number of carboxylic acids is 1. The Morgan fingerprint density at radius 2 is 1.57 bits per heavy atom. The fraction of sp³-hybridized carbons (Fsp3) is 0.526. The van der Waals surface area contributed by atoms with E-state index in [1.54, 1.807) is 28.0 Å². The van der Waals surface area contributed by atoms with E-state index < -0.39 is 18.2 Å². The van der Waals surface area contributed by atoms with Crippen molar-refractivity contribution in [2.75, 3.05) is 40.4 Å². The second-order valence-electron chi connectivity index (χ2n) is 6.72. The molecule has 0 aliphatic carbocycles. The minimum atomic E-state index is -1.04. The molecular formula is C19H24N2O7. The summed E-state index contributed by atoms with van der Waals surface area (Å²) in [6, 6.07) is 5.00. The van der Waals surface area contributed by atoms with Crippen LogP contribution in [-0.2, 0) is 14.3 Å². The normalized spacial score (nSPS) is 22.1. The lowest BCUT2D eigenvalue weighted by atomic mass is 10.1. The molecule has 9 heteroatoms. The minimum Gasteiger partial charge on any atom is -0.493 e. The lowest BCUT2D eigenvalue weighted by Gasteiger charge is -2.35. The third-order valence-electron chi connectivity index (χ3n) is 5.08. The molecule has 152 valence electrons. The van der Waals surface area contributed by atoms with Gasteiger partial charge < -0.3 is 29.1 Å². The maximum atomic E-state index is 12.8. The number of rotatable bonds is 5. The van der Waals surface area contributed by atoms with Gasteiger partial charge in [-0.2, -0.15) is 0 Å². The molecule has 2 heterocycles. The standard InChI is InChI=1S/C19H24N2O7/c1-26-13-4-3-12(11-16(13)27-2)17(22)20-7-9-21(10-8-20)18(23)14-5-6-15(28-14)19(24)25/h3-4,11,14-15H,5-10H2,1-2H3,(H,24,25)/t14-,15+/m0/s1. The van der Waals surface area contributed by atoms with Gasteiger partial charge in [0.1, 0.15) is 6.10 Å². The maximum Gasteiger partial charge on any atom is 0.332 e. The van der Waals surface area contributed by atoms with E-state index in [0.717, 1.165) is 0 Å². The Labute approximate surface area is 162 Å². The van der Waals surface area contributed by atoms with Crippen molar-refractivity contribution in [3.05, 3.63) is 23.8 Å². The van der Waals surface area contributed by atoms with Gasteiger partial charge in [-0.15, -0.1) is 0 Å². The van der Waals surface area contributed by atoms with Crippen LogP contribution in [-0.4, -0.2) is 85.3 Å². The molecule has 0 radical (unpaired) electrons. The third-order valence-corrected chi connectivity index (χ3v) is 5.08. The zero-order valence-corrected chi connectivity index (χ0v) is 15.9. The van der Waals surface area contributed by atoms with Crippen molar-refractivity contribution in [3.63, 3.8) is 0 Å². The van der Waals surface area contributed by atoms with Crippen LogP contribution in [0.15, 0.2) is 18.2 Å². The summed E-state index contributed by atoms with van der Waals surface area (Å²) in [5, 5.41) is 8.99. The Morgan fingerprint density at radius 1 is 0.964 bits per heavy atom. The number of ether oxygens (including phenoxy) is 3. The van der Waals surface area contributed by atoms with Crippen LogP contribution >= 0.6 is 0 Å². The first-order valence-electron chi connectivity index (χ1n) is 9.13. The molecule has 2 aliphatic rings. The number of carboxylic acid groups (broad SMARTS) is 1. The molecule has 1 N–H and O–H groups in total. The number of hydrogen-bond acceptors (Lipinski definition) is 6. The molecule has 0 unspecified atom stereocenters. The van der Waals surface area contributed by atoms with E-state index in [9.17, 15) is 14.4 Å². The lowest BCUT2D eigenvalue weighted by Crippen LogP contribution is -2.53. The smallest absolute Gasteiger partial charge is 0.332 e. The molecule has 2 fully saturated rings. The summed E-state index contributed by atoms with van der Waals surface area (Å²) in [4.78, 5) is 39.6. The number of aliphatic carboxylic acids is 1. The van der Waals surface area contributed by atoms with Gasteiger partial charge in [0.05, 0.1) is 14.2 Å². The largest absolute Gasteiger partial charge is 0.493 e. The van der Waals surface area contributed by atoms with Gasteiger partial charge in [0.2, 0.25) is 0 Å². The van der Waals surface area contributed by atoms with Crippen LogP contribution in [0.2, 0.25) is 0 Å². The number of benzene rings is 1. The molecule has 0 bridgehead atoms. The molecule has 2 saturated heterocycles. The zero-order valence-electron chi connectivity index (χ0n) is 15.9. The molecule has 2 aliphatic heterocycles. The monoisotopic (exact) mass is 392 g/mol. The highest BCUT2D eigenvalue weighted by Gasteiger charge is 2.37. The predicted molar refractivity (Wildman–Crippen MR) is 97.6 cm³/mol. The molecule has 2 amide bonds. The van der Waals surface area contributed by atoms with E-state index >= 15 is 0 Å². The average molecular weight is 392 g/mol. The van der Waals surface area contributed by atoms with Crippen molar-refractivity contribution < 1.29 is 33.7 Å². The quantitative estimate of drug-likeness (QED) is 0.783. The fourth-order valence-electron chi connectivity index (χ4n) is 3.49. The lowest BCUT2D eigenvalue weighted by molar-refractivity contribution is -0.155. The molecule has 3 rings (SSSR count). The van der Waals surface area contributed by atoms with Crippen LogP contribution < -0.4 is 9.47 Å². The van der Waals surface area contributed by atoms with Crippen molar-refractivity contribution >= 4 is 17.8 Å². The van der Waals surface area contributed by atoms with E-state index in [1.807, 2.05) is 0 Å². The highest BCUT2D eigenvalue weighted by molar-refractivity contribution is 5.95. The van der Waals surface area contributed by atoms with Gasteiger partial charge in [-0.25, -0.2) is 4.79 Å². The van der Waals surface area contributed by atoms with Crippen LogP contribution in [0, 0.1) is 0 Å². The van der Waals surface area contributed by atoms with E-state index in [4.69, 9.17) is 19.3 Å². The summed E-state index contributed by atoms with van der Waals surface area (Å²) in [6.07, 6.45) is -0.888. The summed E-state index contributed by atoms with van der Waals surface area (Å²) < 4.78 is 15.8. The molecule has 28 heavy (non-hydrogen) atoms. The molecule has 9 nitrogen and oxygen atoms in total. The molecule has 0 aromatic heterocycles. The van der Waals surface area contributed by atoms with Crippen LogP contribution in [0.25, 0.3) is 0 Å². The summed E-state index contributed by atoms with van der Waals surface area (Å²) in [5.41, 5.74) is 0.487. The Kier molecular flexibility index (Phi) is 6.03. The van der Waals surface area contributed by atoms with E-state index in [0.29, 0.717) is 56.1 Å². The highest BCUT2D eigenvalue weighted by atomic mass is 16.5. The van der Waals surface area contributed by atoms with Crippen LogP contribution in [0.3, 0.4) is 0 Å². The van der Waals surface area contributed by atoms with E-state index in [1.165, 1.54) is 14.2 Å². The number of piperazine rings is 1. The third kappa shape index (κ3) is 4.04. The zero-order chi connectivity index (χ0) is 20.3. The van der Waals surface area contributed by atoms with Gasteiger partial charge in [-0.1, -0.05) is 0 Å². The van der Waals surface area contributed by atoms with Crippen molar-refractivity contribution in [2.24, 2.45) is 0 Å². The van der Waals surface area contributed by atoms with E-state index in [-0.39, 0.29) is 11.8 Å². The number of carbonyl (C=O) groups excluding carboxylic acids is 2. The van der Waals surface area contributed by atoms with Crippen molar-refractivity contribution in [3.8, 4) is 11.5 Å². The van der Waals surface area contributed by atoms with Crippen LogP contribution in [0.4, 0.5) is 0 Å². The number of methoxy groups -OCH3 is 2. The first kappa shape index (κ1) is 19.9. The summed E-state index contributed by atoms with van der Waals surface area (Å²) in [6.45, 7) is 1.56. The van der Waals surface area contributed by atoms with Crippen LogP contribution in [0.5, 0.6) is 11.5 Å². The van der Waals surface area contributed by atoms with Gasteiger partial charge in [0.25, 0.3) is 11.8 Å². The first-order valence-corrected chi connectivity index (χ1v) is 9.13. The van der Waals surface area contributed by atoms with Gasteiger partial charge in [0, 0.05) is 31.7 Å². The van der Waals surface area contributed by atoms with Gasteiger partial charge >= 0.3 is 5.97 Å².